The standard InChI is InChI=1S/C13H19NO2/c1-15-9-10-8-11(16-2)5-6-12(10)13-4-3-7-14-13/h5-6,8,13-14H,3-4,7,9H2,1-2H3. The Morgan fingerprint density at radius 3 is 2.88 bits per heavy atom. The van der Waals surface area contributed by atoms with Crippen LogP contribution in [0.3, 0.4) is 0 Å². The molecule has 0 bridgehead atoms. The van der Waals surface area contributed by atoms with Crippen molar-refractivity contribution in [2.75, 3.05) is 20.8 Å². The van der Waals surface area contributed by atoms with Crippen LogP contribution in [0.1, 0.15) is 30.0 Å². The van der Waals surface area contributed by atoms with E-state index in [0.717, 1.165) is 12.3 Å². The predicted octanol–water partition coefficient (Wildman–Crippen LogP) is 2.27. The molecule has 0 radical (unpaired) electrons. The predicted molar refractivity (Wildman–Crippen MR) is 63.7 cm³/mol. The first-order valence-corrected chi connectivity index (χ1v) is 5.74. The van der Waals surface area contributed by atoms with Crippen molar-refractivity contribution in [3.05, 3.63) is 29.3 Å². The summed E-state index contributed by atoms with van der Waals surface area (Å²) in [4.78, 5) is 0. The molecular formula is C13H19NO2. The molecule has 1 aliphatic heterocycles. The summed E-state index contributed by atoms with van der Waals surface area (Å²) in [6, 6.07) is 6.72. The summed E-state index contributed by atoms with van der Waals surface area (Å²) in [6.07, 6.45) is 2.46. The quantitative estimate of drug-likeness (QED) is 0.846. The lowest BCUT2D eigenvalue weighted by molar-refractivity contribution is 0.183. The fraction of sp³-hybridized carbons (Fsp3) is 0.538. The molecule has 0 amide bonds. The molecule has 3 heteroatoms. The van der Waals surface area contributed by atoms with E-state index in [-0.39, 0.29) is 0 Å². The minimum absolute atomic E-state index is 0.482. The summed E-state index contributed by atoms with van der Waals surface area (Å²) < 4.78 is 10.5. The molecular weight excluding hydrogens is 202 g/mol. The molecule has 0 spiro atoms. The van der Waals surface area contributed by atoms with Gasteiger partial charge in [0.25, 0.3) is 0 Å². The second-order valence-electron chi connectivity index (χ2n) is 4.15. The highest BCUT2D eigenvalue weighted by Gasteiger charge is 2.19. The Morgan fingerprint density at radius 2 is 2.25 bits per heavy atom. The smallest absolute Gasteiger partial charge is 0.119 e. The highest BCUT2D eigenvalue weighted by Crippen LogP contribution is 2.29. The van der Waals surface area contributed by atoms with E-state index in [9.17, 15) is 0 Å². The molecule has 1 aromatic carbocycles. The second-order valence-corrected chi connectivity index (χ2v) is 4.15. The number of methoxy groups -OCH3 is 2. The summed E-state index contributed by atoms with van der Waals surface area (Å²) in [5.74, 6) is 0.897. The normalized spacial score (nSPS) is 20.0. The van der Waals surface area contributed by atoms with Crippen LogP contribution in [0.2, 0.25) is 0 Å². The van der Waals surface area contributed by atoms with E-state index in [1.807, 2.05) is 6.07 Å². The largest absolute Gasteiger partial charge is 0.497 e. The second kappa shape index (κ2) is 5.32. The SMILES string of the molecule is COCc1cc(OC)ccc1C1CCCN1. The van der Waals surface area contributed by atoms with E-state index in [0.29, 0.717) is 12.6 Å². The van der Waals surface area contributed by atoms with Gasteiger partial charge in [-0.05, 0) is 42.6 Å². The molecule has 1 saturated heterocycles. The van der Waals surface area contributed by atoms with Crippen LogP contribution in [-0.4, -0.2) is 20.8 Å². The van der Waals surface area contributed by atoms with Crippen molar-refractivity contribution in [1.29, 1.82) is 0 Å². The average Bonchev–Trinajstić information content (AvgIpc) is 2.83. The van der Waals surface area contributed by atoms with Crippen LogP contribution in [0.4, 0.5) is 0 Å². The van der Waals surface area contributed by atoms with E-state index in [4.69, 9.17) is 9.47 Å². The Balaban J connectivity index is 2.27. The van der Waals surface area contributed by atoms with Crippen LogP contribution in [0.5, 0.6) is 5.75 Å². The van der Waals surface area contributed by atoms with Gasteiger partial charge in [-0.25, -0.2) is 0 Å². The van der Waals surface area contributed by atoms with Gasteiger partial charge in [-0.3, -0.25) is 0 Å². The molecule has 0 saturated carbocycles. The fourth-order valence-corrected chi connectivity index (χ4v) is 2.28. The van der Waals surface area contributed by atoms with Crippen molar-refractivity contribution in [3.8, 4) is 5.75 Å². The van der Waals surface area contributed by atoms with Gasteiger partial charge < -0.3 is 14.8 Å². The zero-order chi connectivity index (χ0) is 11.4. The van der Waals surface area contributed by atoms with Gasteiger partial charge in [0, 0.05) is 13.2 Å². The number of ether oxygens (including phenoxy) is 2. The lowest BCUT2D eigenvalue weighted by Gasteiger charge is -2.16. The van der Waals surface area contributed by atoms with Gasteiger partial charge in [0.05, 0.1) is 13.7 Å². The molecule has 2 rings (SSSR count). The van der Waals surface area contributed by atoms with Crippen LogP contribution >= 0.6 is 0 Å². The van der Waals surface area contributed by atoms with Crippen LogP contribution in [0.15, 0.2) is 18.2 Å². The highest BCUT2D eigenvalue weighted by atomic mass is 16.5. The topological polar surface area (TPSA) is 30.5 Å². The molecule has 0 aliphatic carbocycles. The first-order chi connectivity index (χ1) is 7.85. The van der Waals surface area contributed by atoms with E-state index in [1.54, 1.807) is 14.2 Å². The number of benzene rings is 1. The van der Waals surface area contributed by atoms with Gasteiger partial charge in [-0.2, -0.15) is 0 Å². The maximum Gasteiger partial charge on any atom is 0.119 e. The van der Waals surface area contributed by atoms with Crippen LogP contribution < -0.4 is 10.1 Å². The third-order valence-corrected chi connectivity index (χ3v) is 3.09. The molecule has 1 unspecified atom stereocenters. The Bertz CT molecular complexity index is 346. The number of hydrogen-bond acceptors (Lipinski definition) is 3. The van der Waals surface area contributed by atoms with Crippen molar-refractivity contribution in [1.82, 2.24) is 5.32 Å². The monoisotopic (exact) mass is 221 g/mol. The third-order valence-electron chi connectivity index (χ3n) is 3.09. The summed E-state index contributed by atoms with van der Waals surface area (Å²) >= 11 is 0. The molecule has 1 aromatic rings. The minimum Gasteiger partial charge on any atom is -0.497 e. The first-order valence-electron chi connectivity index (χ1n) is 5.74. The number of hydrogen-bond donors (Lipinski definition) is 1. The van der Waals surface area contributed by atoms with E-state index >= 15 is 0 Å². The van der Waals surface area contributed by atoms with E-state index in [1.165, 1.54) is 24.0 Å². The van der Waals surface area contributed by atoms with Gasteiger partial charge >= 0.3 is 0 Å². The van der Waals surface area contributed by atoms with Crippen LogP contribution in [0.25, 0.3) is 0 Å². The summed E-state index contributed by atoms with van der Waals surface area (Å²) in [5.41, 5.74) is 2.57. The van der Waals surface area contributed by atoms with Crippen molar-refractivity contribution in [3.63, 3.8) is 0 Å². The molecule has 3 nitrogen and oxygen atoms in total. The molecule has 1 fully saturated rings. The molecule has 0 aromatic heterocycles. The zero-order valence-corrected chi connectivity index (χ0v) is 9.95. The lowest BCUT2D eigenvalue weighted by Crippen LogP contribution is -2.15. The zero-order valence-electron chi connectivity index (χ0n) is 9.95. The van der Waals surface area contributed by atoms with Gasteiger partial charge in [0.1, 0.15) is 5.75 Å². The van der Waals surface area contributed by atoms with E-state index in [2.05, 4.69) is 17.4 Å². The van der Waals surface area contributed by atoms with Crippen molar-refractivity contribution in [2.45, 2.75) is 25.5 Å². The number of nitrogens with one attached hydrogen (secondary N) is 1. The molecule has 1 heterocycles. The summed E-state index contributed by atoms with van der Waals surface area (Å²) in [6.45, 7) is 1.76. The highest BCUT2D eigenvalue weighted by molar-refractivity contribution is 5.37. The minimum atomic E-state index is 0.482. The summed E-state index contributed by atoms with van der Waals surface area (Å²) in [5, 5.41) is 3.51. The van der Waals surface area contributed by atoms with Crippen molar-refractivity contribution >= 4 is 0 Å². The molecule has 1 atom stereocenters. The first kappa shape index (κ1) is 11.4. The van der Waals surface area contributed by atoms with E-state index < -0.39 is 0 Å². The van der Waals surface area contributed by atoms with Gasteiger partial charge in [-0.15, -0.1) is 0 Å². The molecule has 16 heavy (non-hydrogen) atoms. The maximum atomic E-state index is 5.24. The average molecular weight is 221 g/mol. The molecule has 1 N–H and O–H groups in total. The summed E-state index contributed by atoms with van der Waals surface area (Å²) in [7, 11) is 3.42. The van der Waals surface area contributed by atoms with Crippen LogP contribution in [0, 0.1) is 0 Å². The molecule has 88 valence electrons. The fourth-order valence-electron chi connectivity index (χ4n) is 2.28. The Hall–Kier alpha value is -1.06. The van der Waals surface area contributed by atoms with Crippen LogP contribution in [-0.2, 0) is 11.3 Å². The maximum absolute atomic E-state index is 5.24. The Kier molecular flexibility index (Phi) is 3.80. The lowest BCUT2D eigenvalue weighted by atomic mass is 9.99. The van der Waals surface area contributed by atoms with Crippen molar-refractivity contribution in [2.24, 2.45) is 0 Å². The molecule has 1 aliphatic rings. The van der Waals surface area contributed by atoms with Gasteiger partial charge in [0.15, 0.2) is 0 Å². The van der Waals surface area contributed by atoms with Crippen molar-refractivity contribution < 1.29 is 9.47 Å². The third kappa shape index (κ3) is 2.36. The van der Waals surface area contributed by atoms with Gasteiger partial charge in [0.2, 0.25) is 0 Å². The Morgan fingerprint density at radius 1 is 1.38 bits per heavy atom. The number of rotatable bonds is 4. The van der Waals surface area contributed by atoms with Gasteiger partial charge in [-0.1, -0.05) is 6.07 Å². The Labute approximate surface area is 96.8 Å².